The quantitative estimate of drug-likeness (QED) is 0.685. The molecule has 0 radical (unpaired) electrons. The van der Waals surface area contributed by atoms with Crippen LogP contribution in [0.15, 0.2) is 0 Å². The van der Waals surface area contributed by atoms with E-state index in [2.05, 4.69) is 38.0 Å². The molecule has 0 amide bonds. The summed E-state index contributed by atoms with van der Waals surface area (Å²) in [5.41, 5.74) is -0.597. The van der Waals surface area contributed by atoms with Crippen molar-refractivity contribution in [1.82, 2.24) is 10.2 Å². The standard InChI is InChI=1S/C15H30N2O2/c1-11(2)16-15(4,14(18)19-6)9-10-17(5)12(3)13-7-8-13/h11-13,16H,7-10H2,1-6H3. The van der Waals surface area contributed by atoms with Gasteiger partial charge in [-0.05, 0) is 59.9 Å². The van der Waals surface area contributed by atoms with Gasteiger partial charge in [-0.2, -0.15) is 0 Å². The van der Waals surface area contributed by atoms with Crippen LogP contribution in [0.25, 0.3) is 0 Å². The van der Waals surface area contributed by atoms with Crippen LogP contribution >= 0.6 is 0 Å². The van der Waals surface area contributed by atoms with E-state index in [9.17, 15) is 4.79 Å². The molecule has 0 aliphatic heterocycles. The van der Waals surface area contributed by atoms with Gasteiger partial charge in [0.2, 0.25) is 0 Å². The molecule has 4 heteroatoms. The summed E-state index contributed by atoms with van der Waals surface area (Å²) < 4.78 is 4.95. The van der Waals surface area contributed by atoms with E-state index in [1.165, 1.54) is 20.0 Å². The highest BCUT2D eigenvalue weighted by Crippen LogP contribution is 2.34. The van der Waals surface area contributed by atoms with Gasteiger partial charge >= 0.3 is 5.97 Å². The lowest BCUT2D eigenvalue weighted by Gasteiger charge is -2.33. The molecule has 2 unspecified atom stereocenters. The van der Waals surface area contributed by atoms with Crippen molar-refractivity contribution in [3.8, 4) is 0 Å². The molecule has 0 aromatic carbocycles. The molecule has 2 atom stereocenters. The van der Waals surface area contributed by atoms with Crippen LogP contribution in [0.4, 0.5) is 0 Å². The molecule has 1 saturated carbocycles. The molecular weight excluding hydrogens is 240 g/mol. The van der Waals surface area contributed by atoms with E-state index < -0.39 is 5.54 Å². The highest BCUT2D eigenvalue weighted by Gasteiger charge is 2.36. The van der Waals surface area contributed by atoms with Gasteiger partial charge in [0.15, 0.2) is 0 Å². The van der Waals surface area contributed by atoms with Crippen LogP contribution in [0.1, 0.15) is 47.0 Å². The fourth-order valence-corrected chi connectivity index (χ4v) is 2.64. The second-order valence-electron chi connectivity index (χ2n) is 6.43. The summed E-state index contributed by atoms with van der Waals surface area (Å²) in [4.78, 5) is 14.4. The molecule has 1 fully saturated rings. The van der Waals surface area contributed by atoms with Crippen molar-refractivity contribution in [2.75, 3.05) is 20.7 Å². The number of hydrogen-bond donors (Lipinski definition) is 1. The lowest BCUT2D eigenvalue weighted by molar-refractivity contribution is -0.148. The first-order valence-corrected chi connectivity index (χ1v) is 7.36. The van der Waals surface area contributed by atoms with Gasteiger partial charge in [-0.15, -0.1) is 0 Å². The van der Waals surface area contributed by atoms with E-state index in [0.29, 0.717) is 6.04 Å². The number of esters is 1. The predicted octanol–water partition coefficient (Wildman–Crippen LogP) is 2.04. The van der Waals surface area contributed by atoms with E-state index in [4.69, 9.17) is 4.74 Å². The van der Waals surface area contributed by atoms with Crippen molar-refractivity contribution in [3.63, 3.8) is 0 Å². The van der Waals surface area contributed by atoms with Gasteiger partial charge in [0.25, 0.3) is 0 Å². The van der Waals surface area contributed by atoms with Crippen molar-refractivity contribution in [3.05, 3.63) is 0 Å². The topological polar surface area (TPSA) is 41.6 Å². The maximum atomic E-state index is 12.0. The summed E-state index contributed by atoms with van der Waals surface area (Å²) in [6, 6.07) is 0.871. The summed E-state index contributed by atoms with van der Waals surface area (Å²) >= 11 is 0. The Morgan fingerprint density at radius 1 is 1.42 bits per heavy atom. The largest absolute Gasteiger partial charge is 0.468 e. The second-order valence-corrected chi connectivity index (χ2v) is 6.43. The molecule has 1 aliphatic rings. The van der Waals surface area contributed by atoms with Crippen LogP contribution < -0.4 is 5.32 Å². The Hall–Kier alpha value is -0.610. The fraction of sp³-hybridized carbons (Fsp3) is 0.933. The number of rotatable bonds is 8. The maximum Gasteiger partial charge on any atom is 0.325 e. The Bertz CT molecular complexity index is 303. The average molecular weight is 270 g/mol. The molecule has 0 saturated heterocycles. The number of carbonyl (C=O) groups is 1. The summed E-state index contributed by atoms with van der Waals surface area (Å²) in [6.45, 7) is 9.23. The first-order valence-electron chi connectivity index (χ1n) is 7.36. The SMILES string of the molecule is COC(=O)C(C)(CCN(C)C(C)C1CC1)NC(C)C. The number of hydrogen-bond acceptors (Lipinski definition) is 4. The zero-order valence-electron chi connectivity index (χ0n) is 13.3. The number of ether oxygens (including phenoxy) is 1. The van der Waals surface area contributed by atoms with E-state index in [1.807, 2.05) is 6.92 Å². The predicted molar refractivity (Wildman–Crippen MR) is 78.1 cm³/mol. The minimum absolute atomic E-state index is 0.173. The first kappa shape index (κ1) is 16.4. The molecule has 0 bridgehead atoms. The highest BCUT2D eigenvalue weighted by molar-refractivity contribution is 5.80. The monoisotopic (exact) mass is 270 g/mol. The van der Waals surface area contributed by atoms with Crippen molar-refractivity contribution in [1.29, 1.82) is 0 Å². The molecule has 0 aromatic rings. The van der Waals surface area contributed by atoms with Gasteiger partial charge in [0.05, 0.1) is 7.11 Å². The Balaban J connectivity index is 2.54. The number of nitrogens with zero attached hydrogens (tertiary/aromatic N) is 1. The van der Waals surface area contributed by atoms with Crippen LogP contribution in [0.5, 0.6) is 0 Å². The Morgan fingerprint density at radius 3 is 2.42 bits per heavy atom. The Morgan fingerprint density at radius 2 is 2.00 bits per heavy atom. The first-order chi connectivity index (χ1) is 8.80. The van der Waals surface area contributed by atoms with E-state index >= 15 is 0 Å². The smallest absolute Gasteiger partial charge is 0.325 e. The van der Waals surface area contributed by atoms with Crippen LogP contribution in [-0.2, 0) is 9.53 Å². The normalized spacial score (nSPS) is 20.4. The molecule has 1 rings (SSSR count). The van der Waals surface area contributed by atoms with Gasteiger partial charge in [-0.1, -0.05) is 0 Å². The summed E-state index contributed by atoms with van der Waals surface area (Å²) in [5.74, 6) is 0.682. The van der Waals surface area contributed by atoms with E-state index in [0.717, 1.165) is 18.9 Å². The zero-order chi connectivity index (χ0) is 14.6. The van der Waals surface area contributed by atoms with Gasteiger partial charge in [0.1, 0.15) is 5.54 Å². The van der Waals surface area contributed by atoms with Gasteiger partial charge in [0, 0.05) is 18.6 Å². The molecule has 0 spiro atoms. The van der Waals surface area contributed by atoms with E-state index in [-0.39, 0.29) is 12.0 Å². The van der Waals surface area contributed by atoms with Gasteiger partial charge in [-0.25, -0.2) is 0 Å². The second kappa shape index (κ2) is 6.71. The Kier molecular flexibility index (Phi) is 5.81. The molecule has 1 aliphatic carbocycles. The van der Waals surface area contributed by atoms with Crippen molar-refractivity contribution >= 4 is 5.97 Å². The average Bonchev–Trinajstić information content (AvgIpc) is 3.17. The summed E-state index contributed by atoms with van der Waals surface area (Å²) in [6.07, 6.45) is 3.47. The Labute approximate surface area is 117 Å². The number of nitrogens with one attached hydrogen (secondary N) is 1. The molecule has 112 valence electrons. The van der Waals surface area contributed by atoms with E-state index in [1.54, 1.807) is 0 Å². The maximum absolute atomic E-state index is 12.0. The third kappa shape index (κ3) is 4.77. The minimum atomic E-state index is -0.597. The van der Waals surface area contributed by atoms with Gasteiger partial charge in [-0.3, -0.25) is 10.1 Å². The molecule has 0 heterocycles. The number of carbonyl (C=O) groups excluding carboxylic acids is 1. The summed E-state index contributed by atoms with van der Waals surface area (Å²) in [5, 5.41) is 3.34. The summed E-state index contributed by atoms with van der Waals surface area (Å²) in [7, 11) is 3.61. The lowest BCUT2D eigenvalue weighted by atomic mass is 9.96. The highest BCUT2D eigenvalue weighted by atomic mass is 16.5. The van der Waals surface area contributed by atoms with Crippen LogP contribution in [0, 0.1) is 5.92 Å². The fourth-order valence-electron chi connectivity index (χ4n) is 2.64. The van der Waals surface area contributed by atoms with Gasteiger partial charge < -0.3 is 9.64 Å². The molecule has 19 heavy (non-hydrogen) atoms. The van der Waals surface area contributed by atoms with Crippen LogP contribution in [-0.4, -0.2) is 49.2 Å². The van der Waals surface area contributed by atoms with Crippen molar-refractivity contribution in [2.24, 2.45) is 5.92 Å². The van der Waals surface area contributed by atoms with Crippen molar-refractivity contribution in [2.45, 2.75) is 64.6 Å². The minimum Gasteiger partial charge on any atom is -0.468 e. The molecule has 0 aromatic heterocycles. The molecule has 1 N–H and O–H groups in total. The van der Waals surface area contributed by atoms with Crippen LogP contribution in [0.3, 0.4) is 0 Å². The zero-order valence-corrected chi connectivity index (χ0v) is 13.3. The van der Waals surface area contributed by atoms with Crippen molar-refractivity contribution < 1.29 is 9.53 Å². The molecular formula is C15H30N2O2. The van der Waals surface area contributed by atoms with Crippen LogP contribution in [0.2, 0.25) is 0 Å². The third-order valence-corrected chi connectivity index (χ3v) is 4.21. The molecule has 4 nitrogen and oxygen atoms in total. The lowest BCUT2D eigenvalue weighted by Crippen LogP contribution is -2.54. The number of methoxy groups -OCH3 is 1. The third-order valence-electron chi connectivity index (χ3n) is 4.21.